The lowest BCUT2D eigenvalue weighted by Crippen LogP contribution is -2.36. The first-order valence-corrected chi connectivity index (χ1v) is 11.7. The second-order valence-electron chi connectivity index (χ2n) is 9.21. The summed E-state index contributed by atoms with van der Waals surface area (Å²) in [6, 6.07) is 22.7. The van der Waals surface area contributed by atoms with Gasteiger partial charge in [0.15, 0.2) is 5.76 Å². The molecule has 33 heavy (non-hydrogen) atoms. The zero-order chi connectivity index (χ0) is 23.8. The Bertz CT molecular complexity index is 1010. The third kappa shape index (κ3) is 7.31. The van der Waals surface area contributed by atoms with Crippen LogP contribution in [0.3, 0.4) is 0 Å². The number of hydrogen-bond acceptors (Lipinski definition) is 4. The fraction of sp³-hybridized carbons (Fsp3) is 0.393. The molecule has 176 valence electrons. The Labute approximate surface area is 198 Å². The van der Waals surface area contributed by atoms with Gasteiger partial charge in [0.1, 0.15) is 5.76 Å². The smallest absolute Gasteiger partial charge is 0.289 e. The topological polar surface area (TPSA) is 39.9 Å². The van der Waals surface area contributed by atoms with Gasteiger partial charge in [-0.05, 0) is 63.7 Å². The number of rotatable bonds is 11. The minimum atomic E-state index is -0.0676. The Morgan fingerprint density at radius 2 is 1.55 bits per heavy atom. The van der Waals surface area contributed by atoms with Gasteiger partial charge < -0.3 is 14.2 Å². The molecule has 5 heteroatoms. The van der Waals surface area contributed by atoms with Crippen LogP contribution in [0.25, 0.3) is 0 Å². The molecule has 0 bridgehead atoms. The summed E-state index contributed by atoms with van der Waals surface area (Å²) in [4.78, 5) is 19.6. The molecule has 0 radical (unpaired) electrons. The number of aryl methyl sites for hydroxylation is 1. The summed E-state index contributed by atoms with van der Waals surface area (Å²) in [6.45, 7) is 10.0. The van der Waals surface area contributed by atoms with E-state index in [4.69, 9.17) is 4.42 Å². The highest BCUT2D eigenvalue weighted by Gasteiger charge is 2.21. The van der Waals surface area contributed by atoms with Crippen molar-refractivity contribution in [3.05, 3.63) is 94.9 Å². The van der Waals surface area contributed by atoms with Crippen LogP contribution in [0.1, 0.15) is 46.9 Å². The molecule has 1 heterocycles. The predicted molar refractivity (Wildman–Crippen MR) is 134 cm³/mol. The second kappa shape index (κ2) is 11.8. The quantitative estimate of drug-likeness (QED) is 0.405. The first-order chi connectivity index (χ1) is 15.8. The minimum Gasteiger partial charge on any atom is -0.455 e. The van der Waals surface area contributed by atoms with Crippen molar-refractivity contribution < 1.29 is 9.21 Å². The van der Waals surface area contributed by atoms with Gasteiger partial charge in [-0.1, -0.05) is 54.6 Å². The molecule has 0 unspecified atom stereocenters. The molecule has 2 aromatic carbocycles. The first kappa shape index (κ1) is 24.7. The fourth-order valence-electron chi connectivity index (χ4n) is 3.74. The number of carbonyl (C=O) groups is 1. The summed E-state index contributed by atoms with van der Waals surface area (Å²) in [7, 11) is 4.04. The molecule has 3 aromatic rings. The van der Waals surface area contributed by atoms with E-state index in [1.807, 2.05) is 49.3 Å². The molecular weight excluding hydrogens is 410 g/mol. The van der Waals surface area contributed by atoms with Crippen LogP contribution < -0.4 is 0 Å². The number of nitrogens with zero attached hydrogens (tertiary/aromatic N) is 3. The number of amides is 1. The Hall–Kier alpha value is -2.89. The predicted octanol–water partition coefficient (Wildman–Crippen LogP) is 5.20. The lowest BCUT2D eigenvalue weighted by molar-refractivity contribution is 0.0694. The summed E-state index contributed by atoms with van der Waals surface area (Å²) in [5.74, 6) is 1.15. The third-order valence-electron chi connectivity index (χ3n) is 5.92. The highest BCUT2D eigenvalue weighted by molar-refractivity contribution is 5.91. The number of likely N-dealkylation sites (N-methyl/N-ethyl adjacent to an activating group) is 1. The van der Waals surface area contributed by atoms with E-state index >= 15 is 0 Å². The van der Waals surface area contributed by atoms with Crippen molar-refractivity contribution in [2.45, 2.75) is 46.4 Å². The zero-order valence-corrected chi connectivity index (χ0v) is 20.6. The van der Waals surface area contributed by atoms with Crippen molar-refractivity contribution >= 4 is 5.91 Å². The van der Waals surface area contributed by atoms with Crippen LogP contribution in [0.4, 0.5) is 0 Å². The van der Waals surface area contributed by atoms with Crippen LogP contribution in [-0.4, -0.2) is 53.8 Å². The number of carbonyl (C=O) groups excluding carboxylic acids is 1. The molecule has 0 spiro atoms. The summed E-state index contributed by atoms with van der Waals surface area (Å²) in [6.07, 6.45) is 0. The van der Waals surface area contributed by atoms with Crippen LogP contribution in [0.2, 0.25) is 0 Å². The van der Waals surface area contributed by atoms with E-state index in [0.717, 1.165) is 24.4 Å². The maximum Gasteiger partial charge on any atom is 0.289 e. The molecule has 0 fully saturated rings. The molecule has 0 aliphatic heterocycles. The molecule has 0 saturated carbocycles. The van der Waals surface area contributed by atoms with Gasteiger partial charge in [-0.25, -0.2) is 0 Å². The largest absolute Gasteiger partial charge is 0.455 e. The summed E-state index contributed by atoms with van der Waals surface area (Å²) < 4.78 is 6.07. The molecule has 0 saturated heterocycles. The molecule has 0 aliphatic rings. The Kier molecular flexibility index (Phi) is 8.87. The average molecular weight is 448 g/mol. The van der Waals surface area contributed by atoms with Crippen LogP contribution in [-0.2, 0) is 19.6 Å². The summed E-state index contributed by atoms with van der Waals surface area (Å²) in [5.41, 5.74) is 3.71. The van der Waals surface area contributed by atoms with Crippen LogP contribution in [0.5, 0.6) is 0 Å². The summed E-state index contributed by atoms with van der Waals surface area (Å²) in [5, 5.41) is 0. The second-order valence-corrected chi connectivity index (χ2v) is 9.21. The van der Waals surface area contributed by atoms with Crippen LogP contribution in [0.15, 0.2) is 71.1 Å². The lowest BCUT2D eigenvalue weighted by atomic mass is 10.1. The van der Waals surface area contributed by atoms with E-state index in [0.29, 0.717) is 31.4 Å². The Morgan fingerprint density at radius 1 is 0.848 bits per heavy atom. The van der Waals surface area contributed by atoms with Gasteiger partial charge in [0.05, 0.1) is 6.54 Å². The highest BCUT2D eigenvalue weighted by Crippen LogP contribution is 2.19. The van der Waals surface area contributed by atoms with Crippen molar-refractivity contribution in [1.82, 2.24) is 14.7 Å². The van der Waals surface area contributed by atoms with E-state index in [1.165, 1.54) is 11.1 Å². The van der Waals surface area contributed by atoms with Crippen molar-refractivity contribution in [2.24, 2.45) is 0 Å². The van der Waals surface area contributed by atoms with E-state index < -0.39 is 0 Å². The highest BCUT2D eigenvalue weighted by atomic mass is 16.4. The molecule has 5 nitrogen and oxygen atoms in total. The van der Waals surface area contributed by atoms with Gasteiger partial charge in [0, 0.05) is 32.2 Å². The molecule has 0 aliphatic carbocycles. The van der Waals surface area contributed by atoms with Crippen molar-refractivity contribution in [2.75, 3.05) is 27.2 Å². The summed E-state index contributed by atoms with van der Waals surface area (Å²) >= 11 is 0. The standard InChI is InChI=1S/C28H37N3O2/c1-22(2)31(20-25-14-10-9-11-23(25)3)21-26-15-16-27(33-26)28(32)30(18-17-29(4)5)19-24-12-7-6-8-13-24/h6-16,22H,17-21H2,1-5H3. The minimum absolute atomic E-state index is 0.0676. The van der Waals surface area contributed by atoms with Crippen molar-refractivity contribution in [3.8, 4) is 0 Å². The van der Waals surface area contributed by atoms with Gasteiger partial charge >= 0.3 is 0 Å². The normalized spacial score (nSPS) is 11.5. The Morgan fingerprint density at radius 3 is 2.21 bits per heavy atom. The Balaban J connectivity index is 1.72. The first-order valence-electron chi connectivity index (χ1n) is 11.7. The maximum absolute atomic E-state index is 13.3. The maximum atomic E-state index is 13.3. The molecule has 3 rings (SSSR count). The van der Waals surface area contributed by atoms with E-state index in [1.54, 1.807) is 0 Å². The number of hydrogen-bond donors (Lipinski definition) is 0. The van der Waals surface area contributed by atoms with E-state index in [2.05, 4.69) is 67.0 Å². The fourth-order valence-corrected chi connectivity index (χ4v) is 3.74. The van der Waals surface area contributed by atoms with Crippen LogP contribution in [0, 0.1) is 6.92 Å². The van der Waals surface area contributed by atoms with Gasteiger partial charge in [-0.2, -0.15) is 0 Å². The van der Waals surface area contributed by atoms with Crippen molar-refractivity contribution in [1.29, 1.82) is 0 Å². The number of benzene rings is 2. The van der Waals surface area contributed by atoms with Gasteiger partial charge in [0.25, 0.3) is 5.91 Å². The molecule has 0 N–H and O–H groups in total. The SMILES string of the molecule is Cc1ccccc1CN(Cc1ccc(C(=O)N(CCN(C)C)Cc2ccccc2)o1)C(C)C. The van der Waals surface area contributed by atoms with Gasteiger partial charge in [-0.15, -0.1) is 0 Å². The molecule has 1 aromatic heterocycles. The van der Waals surface area contributed by atoms with E-state index in [9.17, 15) is 4.79 Å². The zero-order valence-electron chi connectivity index (χ0n) is 20.6. The van der Waals surface area contributed by atoms with Crippen LogP contribution >= 0.6 is 0 Å². The molecule has 0 atom stereocenters. The molecule has 1 amide bonds. The monoisotopic (exact) mass is 447 g/mol. The molecular formula is C28H37N3O2. The number of furan rings is 1. The van der Waals surface area contributed by atoms with Gasteiger partial charge in [0.2, 0.25) is 0 Å². The van der Waals surface area contributed by atoms with E-state index in [-0.39, 0.29) is 5.91 Å². The van der Waals surface area contributed by atoms with Gasteiger partial charge in [-0.3, -0.25) is 9.69 Å². The third-order valence-corrected chi connectivity index (χ3v) is 5.92. The average Bonchev–Trinajstić information content (AvgIpc) is 3.26. The van der Waals surface area contributed by atoms with Crippen molar-refractivity contribution in [3.63, 3.8) is 0 Å². The lowest BCUT2D eigenvalue weighted by Gasteiger charge is -2.26.